The van der Waals surface area contributed by atoms with Crippen LogP contribution in [-0.2, 0) is 16.2 Å². The number of nitrogens with zero attached hydrogens (tertiary/aromatic N) is 2. The normalized spacial score (nSPS) is 11.9. The van der Waals surface area contributed by atoms with Gasteiger partial charge in [-0.3, -0.25) is 4.79 Å². The van der Waals surface area contributed by atoms with Gasteiger partial charge in [-0.15, -0.1) is 0 Å². The molecule has 1 aromatic heterocycles. The lowest BCUT2D eigenvalue weighted by atomic mass is 10.1. The monoisotopic (exact) mass is 513 g/mol. The van der Waals surface area contributed by atoms with Gasteiger partial charge in [-0.1, -0.05) is 6.07 Å². The molecule has 0 saturated heterocycles. The molecule has 1 heterocycles. The van der Waals surface area contributed by atoms with E-state index in [4.69, 9.17) is 9.47 Å². The van der Waals surface area contributed by atoms with Gasteiger partial charge in [0, 0.05) is 32.0 Å². The molecule has 0 saturated carbocycles. The molecule has 0 aliphatic rings. The van der Waals surface area contributed by atoms with Crippen molar-refractivity contribution in [3.8, 4) is 17.4 Å². The van der Waals surface area contributed by atoms with Gasteiger partial charge in [-0.2, -0.15) is 13.2 Å². The van der Waals surface area contributed by atoms with Crippen LogP contribution in [0.5, 0.6) is 17.4 Å². The maximum atomic E-state index is 13.5. The van der Waals surface area contributed by atoms with Crippen LogP contribution in [0.2, 0.25) is 0 Å². The minimum absolute atomic E-state index is 0.000601. The Morgan fingerprint density at radius 2 is 1.77 bits per heavy atom. The highest BCUT2D eigenvalue weighted by Gasteiger charge is 2.33. The Morgan fingerprint density at radius 1 is 1.06 bits per heavy atom. The standard InChI is InChI=1S/C22H19F4N3O5S/c1-29(2)35(31,32)16-6-4-5-15(11-16)28-20(30)17-9-13(22(24,25)26)12-27-21(17)34-18-8-7-14(23)10-19(18)33-3/h4-12H,1-3H3,(H,28,30). The van der Waals surface area contributed by atoms with Crippen LogP contribution in [0, 0.1) is 5.82 Å². The van der Waals surface area contributed by atoms with Crippen LogP contribution in [0.25, 0.3) is 0 Å². The minimum atomic E-state index is -4.81. The Morgan fingerprint density at radius 3 is 2.40 bits per heavy atom. The van der Waals surface area contributed by atoms with Crippen molar-refractivity contribution in [1.82, 2.24) is 9.29 Å². The topological polar surface area (TPSA) is 97.8 Å². The minimum Gasteiger partial charge on any atom is -0.493 e. The van der Waals surface area contributed by atoms with Gasteiger partial charge in [0.2, 0.25) is 15.9 Å². The van der Waals surface area contributed by atoms with Crippen molar-refractivity contribution in [2.45, 2.75) is 11.1 Å². The molecule has 8 nitrogen and oxygen atoms in total. The zero-order valence-corrected chi connectivity index (χ0v) is 19.4. The molecule has 2 aromatic carbocycles. The van der Waals surface area contributed by atoms with Gasteiger partial charge in [0.05, 0.1) is 17.6 Å². The summed E-state index contributed by atoms with van der Waals surface area (Å²) in [5, 5.41) is 2.35. The molecule has 1 N–H and O–H groups in total. The second-order valence-electron chi connectivity index (χ2n) is 7.24. The second-order valence-corrected chi connectivity index (χ2v) is 9.39. The molecular weight excluding hydrogens is 494 g/mol. The van der Waals surface area contributed by atoms with E-state index in [0.717, 1.165) is 28.6 Å². The highest BCUT2D eigenvalue weighted by molar-refractivity contribution is 7.89. The lowest BCUT2D eigenvalue weighted by molar-refractivity contribution is -0.137. The number of hydrogen-bond acceptors (Lipinski definition) is 6. The summed E-state index contributed by atoms with van der Waals surface area (Å²) in [6.07, 6.45) is -4.33. The van der Waals surface area contributed by atoms with Crippen LogP contribution in [0.4, 0.5) is 23.2 Å². The molecule has 0 bridgehead atoms. The number of carbonyl (C=O) groups excluding carboxylic acids is 1. The van der Waals surface area contributed by atoms with Crippen LogP contribution < -0.4 is 14.8 Å². The van der Waals surface area contributed by atoms with Crippen LogP contribution in [0.3, 0.4) is 0 Å². The molecule has 0 spiro atoms. The van der Waals surface area contributed by atoms with Crippen molar-refractivity contribution in [2.75, 3.05) is 26.5 Å². The molecule has 0 fully saturated rings. The molecule has 35 heavy (non-hydrogen) atoms. The molecule has 0 atom stereocenters. The number of alkyl halides is 3. The summed E-state index contributed by atoms with van der Waals surface area (Å²) in [4.78, 5) is 16.4. The van der Waals surface area contributed by atoms with Gasteiger partial charge in [0.1, 0.15) is 11.4 Å². The van der Waals surface area contributed by atoms with Crippen LogP contribution >= 0.6 is 0 Å². The van der Waals surface area contributed by atoms with Gasteiger partial charge in [-0.05, 0) is 36.4 Å². The molecule has 3 aromatic rings. The first-order valence-corrected chi connectivity index (χ1v) is 11.2. The fraction of sp³-hybridized carbons (Fsp3) is 0.182. The summed E-state index contributed by atoms with van der Waals surface area (Å²) < 4.78 is 89.5. The van der Waals surface area contributed by atoms with Crippen molar-refractivity contribution in [3.05, 3.63) is 71.7 Å². The maximum absolute atomic E-state index is 13.5. The van der Waals surface area contributed by atoms with Crippen molar-refractivity contribution >= 4 is 21.6 Å². The van der Waals surface area contributed by atoms with E-state index in [-0.39, 0.29) is 22.1 Å². The summed E-state index contributed by atoms with van der Waals surface area (Å²) in [6.45, 7) is 0. The fourth-order valence-corrected chi connectivity index (χ4v) is 3.77. The first kappa shape index (κ1) is 25.9. The molecular formula is C22H19F4N3O5S. The summed E-state index contributed by atoms with van der Waals surface area (Å²) >= 11 is 0. The third kappa shape index (κ3) is 5.87. The van der Waals surface area contributed by atoms with E-state index >= 15 is 0 Å². The summed E-state index contributed by atoms with van der Waals surface area (Å²) in [7, 11) is 0.0354. The number of rotatable bonds is 7. The number of pyridine rings is 1. The molecule has 0 unspecified atom stereocenters. The number of methoxy groups -OCH3 is 1. The average molecular weight is 513 g/mol. The van der Waals surface area contributed by atoms with E-state index in [2.05, 4.69) is 10.3 Å². The Kier molecular flexibility index (Phi) is 7.31. The molecule has 3 rings (SSSR count). The van der Waals surface area contributed by atoms with Gasteiger partial charge in [-0.25, -0.2) is 22.1 Å². The van der Waals surface area contributed by atoms with Crippen molar-refractivity contribution in [2.24, 2.45) is 0 Å². The Bertz CT molecular complexity index is 1360. The van der Waals surface area contributed by atoms with Gasteiger partial charge < -0.3 is 14.8 Å². The van der Waals surface area contributed by atoms with E-state index < -0.39 is 44.9 Å². The highest BCUT2D eigenvalue weighted by Crippen LogP contribution is 2.36. The Hall–Kier alpha value is -3.71. The van der Waals surface area contributed by atoms with E-state index in [1.807, 2.05) is 0 Å². The summed E-state index contributed by atoms with van der Waals surface area (Å²) in [5.74, 6) is -2.41. The quantitative estimate of drug-likeness (QED) is 0.466. The molecule has 0 aliphatic heterocycles. The van der Waals surface area contributed by atoms with Crippen LogP contribution in [-0.4, -0.2) is 44.8 Å². The van der Waals surface area contributed by atoms with Gasteiger partial charge in [0.15, 0.2) is 11.5 Å². The lowest BCUT2D eigenvalue weighted by Crippen LogP contribution is -2.22. The van der Waals surface area contributed by atoms with E-state index in [9.17, 15) is 30.8 Å². The number of nitrogens with one attached hydrogen (secondary N) is 1. The van der Waals surface area contributed by atoms with Gasteiger partial charge in [0.25, 0.3) is 5.91 Å². The van der Waals surface area contributed by atoms with E-state index in [1.165, 1.54) is 39.4 Å². The van der Waals surface area contributed by atoms with E-state index in [1.54, 1.807) is 0 Å². The molecule has 0 aliphatic carbocycles. The maximum Gasteiger partial charge on any atom is 0.417 e. The van der Waals surface area contributed by atoms with Crippen LogP contribution in [0.1, 0.15) is 15.9 Å². The number of benzene rings is 2. The lowest BCUT2D eigenvalue weighted by Gasteiger charge is -2.15. The third-order valence-corrected chi connectivity index (χ3v) is 6.44. The number of carbonyl (C=O) groups is 1. The molecule has 186 valence electrons. The molecule has 1 amide bonds. The average Bonchev–Trinajstić information content (AvgIpc) is 2.79. The largest absolute Gasteiger partial charge is 0.493 e. The SMILES string of the molecule is COc1cc(F)ccc1Oc1ncc(C(F)(F)F)cc1C(=O)Nc1cccc(S(=O)(=O)N(C)C)c1. The van der Waals surface area contributed by atoms with E-state index in [0.29, 0.717) is 12.3 Å². The number of ether oxygens (including phenoxy) is 2. The second kappa shape index (κ2) is 9.88. The molecule has 13 heteroatoms. The van der Waals surface area contributed by atoms with Crippen molar-refractivity contribution in [1.29, 1.82) is 0 Å². The van der Waals surface area contributed by atoms with Crippen LogP contribution in [0.15, 0.2) is 59.6 Å². The first-order valence-electron chi connectivity index (χ1n) is 9.75. The zero-order valence-electron chi connectivity index (χ0n) is 18.6. The molecule has 0 radical (unpaired) electrons. The fourth-order valence-electron chi connectivity index (χ4n) is 2.82. The zero-order chi connectivity index (χ0) is 26.0. The summed E-state index contributed by atoms with van der Waals surface area (Å²) in [5.41, 5.74) is -1.82. The summed E-state index contributed by atoms with van der Waals surface area (Å²) in [6, 6.07) is 8.87. The van der Waals surface area contributed by atoms with Gasteiger partial charge >= 0.3 is 6.18 Å². The number of hydrogen-bond donors (Lipinski definition) is 1. The first-order chi connectivity index (χ1) is 16.3. The third-order valence-electron chi connectivity index (χ3n) is 4.63. The Labute approximate surface area is 198 Å². The number of anilines is 1. The Balaban J connectivity index is 2.02. The number of aromatic nitrogens is 1. The predicted octanol–water partition coefficient (Wildman–Crippen LogP) is 4.54. The van der Waals surface area contributed by atoms with Crippen molar-refractivity contribution in [3.63, 3.8) is 0 Å². The smallest absolute Gasteiger partial charge is 0.417 e. The predicted molar refractivity (Wildman–Crippen MR) is 118 cm³/mol. The highest BCUT2D eigenvalue weighted by atomic mass is 32.2. The van der Waals surface area contributed by atoms with Crippen molar-refractivity contribution < 1.29 is 40.2 Å². The number of amides is 1. The number of sulfonamides is 1. The number of halogens is 4.